The summed E-state index contributed by atoms with van der Waals surface area (Å²) in [5.74, 6) is 1.94. The summed E-state index contributed by atoms with van der Waals surface area (Å²) in [6.45, 7) is 7.06. The number of amides is 1. The first-order chi connectivity index (χ1) is 17.8. The number of furan rings is 1. The molecular formula is C30H38BrN3O3. The molecule has 2 N–H and O–H groups in total. The zero-order valence-electron chi connectivity index (χ0n) is 22.1. The van der Waals surface area contributed by atoms with Crippen molar-refractivity contribution in [3.8, 4) is 0 Å². The van der Waals surface area contributed by atoms with Gasteiger partial charge in [-0.2, -0.15) is 0 Å². The van der Waals surface area contributed by atoms with E-state index in [1.165, 1.54) is 0 Å². The Morgan fingerprint density at radius 3 is 2.68 bits per heavy atom. The lowest BCUT2D eigenvalue weighted by atomic mass is 9.83. The number of nitrogens with two attached hydrogens (primary N) is 1. The molecule has 0 spiro atoms. The van der Waals surface area contributed by atoms with E-state index in [1.54, 1.807) is 12.4 Å². The molecule has 198 valence electrons. The normalized spacial score (nSPS) is 26.0. The van der Waals surface area contributed by atoms with Crippen molar-refractivity contribution in [3.63, 3.8) is 0 Å². The van der Waals surface area contributed by atoms with Gasteiger partial charge < -0.3 is 10.2 Å². The van der Waals surface area contributed by atoms with Gasteiger partial charge in [-0.3, -0.25) is 19.6 Å². The number of halogens is 1. The zero-order valence-corrected chi connectivity index (χ0v) is 23.7. The average molecular weight is 569 g/mol. The van der Waals surface area contributed by atoms with Gasteiger partial charge in [0.05, 0.1) is 11.6 Å². The molecule has 0 saturated heterocycles. The van der Waals surface area contributed by atoms with Crippen LogP contribution in [0.5, 0.6) is 0 Å². The van der Waals surface area contributed by atoms with Gasteiger partial charge in [0.15, 0.2) is 10.5 Å². The second kappa shape index (κ2) is 12.3. The lowest BCUT2D eigenvalue weighted by molar-refractivity contribution is 0.0967. The van der Waals surface area contributed by atoms with Gasteiger partial charge in [-0.15, -0.1) is 0 Å². The van der Waals surface area contributed by atoms with E-state index in [-0.39, 0.29) is 23.7 Å². The van der Waals surface area contributed by atoms with E-state index in [0.29, 0.717) is 41.5 Å². The van der Waals surface area contributed by atoms with Crippen LogP contribution in [0, 0.1) is 11.8 Å². The number of primary amides is 1. The predicted octanol–water partition coefficient (Wildman–Crippen LogP) is 6.90. The van der Waals surface area contributed by atoms with Gasteiger partial charge in [0, 0.05) is 48.4 Å². The minimum Gasteiger partial charge on any atom is -0.453 e. The van der Waals surface area contributed by atoms with Crippen molar-refractivity contribution in [3.05, 3.63) is 56.9 Å². The van der Waals surface area contributed by atoms with E-state index in [1.807, 2.05) is 25.1 Å². The van der Waals surface area contributed by atoms with Crippen LogP contribution >= 0.6 is 15.9 Å². The van der Waals surface area contributed by atoms with Crippen LogP contribution in [0.4, 0.5) is 0 Å². The number of hydrogen-bond acceptors (Lipinski definition) is 5. The Hall–Kier alpha value is -2.54. The van der Waals surface area contributed by atoms with Crippen molar-refractivity contribution in [2.45, 2.75) is 83.6 Å². The molecule has 4 rings (SSSR count). The predicted molar refractivity (Wildman–Crippen MR) is 152 cm³/mol. The van der Waals surface area contributed by atoms with E-state index >= 15 is 0 Å². The Balaban J connectivity index is 1.50. The molecule has 2 heterocycles. The molecule has 0 radical (unpaired) electrons. The first-order valence-electron chi connectivity index (χ1n) is 13.5. The molecule has 5 unspecified atom stereocenters. The lowest BCUT2D eigenvalue weighted by Gasteiger charge is -2.22. The molecule has 1 saturated carbocycles. The Morgan fingerprint density at radius 1 is 1.14 bits per heavy atom. The number of ketones is 1. The molecule has 1 aliphatic heterocycles. The molecule has 7 heteroatoms. The number of hydrogen-bond donors (Lipinski definition) is 1. The van der Waals surface area contributed by atoms with Gasteiger partial charge in [-0.05, 0) is 72.4 Å². The van der Waals surface area contributed by atoms with Crippen molar-refractivity contribution in [1.82, 2.24) is 0 Å². The summed E-state index contributed by atoms with van der Waals surface area (Å²) in [5.41, 5.74) is 8.90. The second-order valence-corrected chi connectivity index (χ2v) is 11.5. The molecule has 1 fully saturated rings. The number of carbonyl (C=O) groups is 2. The summed E-state index contributed by atoms with van der Waals surface area (Å²) >= 11 is 3.42. The number of aliphatic imine (C=N–C) groups is 2. The van der Waals surface area contributed by atoms with Crippen LogP contribution in [0.25, 0.3) is 0 Å². The maximum absolute atomic E-state index is 13.5. The monoisotopic (exact) mass is 567 g/mol. The molecule has 1 amide bonds. The average Bonchev–Trinajstić information content (AvgIpc) is 2.99. The van der Waals surface area contributed by atoms with Gasteiger partial charge in [0.2, 0.25) is 0 Å². The number of benzene rings is 1. The van der Waals surface area contributed by atoms with Gasteiger partial charge in [-0.25, -0.2) is 0 Å². The first-order valence-corrected chi connectivity index (χ1v) is 14.3. The third kappa shape index (κ3) is 6.31. The fraction of sp³-hybridized carbons (Fsp3) is 0.533. The van der Waals surface area contributed by atoms with Crippen molar-refractivity contribution >= 4 is 40.0 Å². The van der Waals surface area contributed by atoms with E-state index in [9.17, 15) is 9.59 Å². The number of carbonyl (C=O) groups excluding carboxylic acids is 2. The minimum atomic E-state index is -0.458. The molecule has 2 aromatic rings. The standard InChI is InChI=1S/C30H38BrN3O3/c1-4-22-27(30(32)36)29(31)37-28(22)21-11-9-18(2)15-20(16-21)10-12-26(35)24-8-6-5-7-23(24)25-17-33-13-14-34-19(25)3/h5-8,13-14,18-21,25H,4,9-12,15-17H2,1-3H3,(H2,32,36). The maximum atomic E-state index is 13.5. The zero-order chi connectivity index (χ0) is 26.5. The fourth-order valence-electron chi connectivity index (χ4n) is 6.19. The third-order valence-corrected chi connectivity index (χ3v) is 8.70. The van der Waals surface area contributed by atoms with Gasteiger partial charge in [-0.1, -0.05) is 44.5 Å². The summed E-state index contributed by atoms with van der Waals surface area (Å²) < 4.78 is 6.54. The largest absolute Gasteiger partial charge is 0.453 e. The highest BCUT2D eigenvalue weighted by Gasteiger charge is 2.32. The molecule has 37 heavy (non-hydrogen) atoms. The summed E-state index contributed by atoms with van der Waals surface area (Å²) in [6, 6.07) is 8.05. The van der Waals surface area contributed by atoms with Crippen LogP contribution < -0.4 is 5.73 Å². The summed E-state index contributed by atoms with van der Waals surface area (Å²) in [7, 11) is 0. The van der Waals surface area contributed by atoms with Crippen LogP contribution in [0.1, 0.15) is 109 Å². The highest BCUT2D eigenvalue weighted by Crippen LogP contribution is 2.43. The van der Waals surface area contributed by atoms with Crippen molar-refractivity contribution < 1.29 is 14.0 Å². The Morgan fingerprint density at radius 2 is 1.92 bits per heavy atom. The minimum absolute atomic E-state index is 0.0746. The molecule has 1 aliphatic carbocycles. The van der Waals surface area contributed by atoms with Gasteiger partial charge >= 0.3 is 0 Å². The molecule has 2 aliphatic rings. The third-order valence-electron chi connectivity index (χ3n) is 8.15. The number of nitrogens with zero attached hydrogens (tertiary/aromatic N) is 2. The van der Waals surface area contributed by atoms with Crippen molar-refractivity contribution in [2.24, 2.45) is 27.6 Å². The van der Waals surface area contributed by atoms with Gasteiger partial charge in [0.25, 0.3) is 5.91 Å². The Bertz CT molecular complexity index is 1180. The van der Waals surface area contributed by atoms with Crippen LogP contribution in [0.3, 0.4) is 0 Å². The summed E-state index contributed by atoms with van der Waals surface area (Å²) in [6.07, 6.45) is 9.73. The highest BCUT2D eigenvalue weighted by molar-refractivity contribution is 9.10. The summed E-state index contributed by atoms with van der Waals surface area (Å²) in [4.78, 5) is 34.6. The topological polar surface area (TPSA) is 98.0 Å². The number of rotatable bonds is 8. The van der Waals surface area contributed by atoms with E-state index in [2.05, 4.69) is 45.8 Å². The second-order valence-electron chi connectivity index (χ2n) is 10.7. The Labute approximate surface area is 228 Å². The molecule has 1 aromatic carbocycles. The molecule has 6 nitrogen and oxygen atoms in total. The van der Waals surface area contributed by atoms with Crippen molar-refractivity contribution in [1.29, 1.82) is 0 Å². The summed E-state index contributed by atoms with van der Waals surface area (Å²) in [5, 5.41) is 0. The van der Waals surface area contributed by atoms with E-state index < -0.39 is 5.91 Å². The Kier molecular flexibility index (Phi) is 9.17. The smallest absolute Gasteiger partial charge is 0.253 e. The SMILES string of the molecule is CCc1c(C2CCC(C)CC(CCC(=O)c3ccccc3C3CN=CC=NC3C)C2)oc(Br)c1C(N)=O. The quantitative estimate of drug-likeness (QED) is 0.277. The molecular weight excluding hydrogens is 530 g/mol. The highest BCUT2D eigenvalue weighted by atomic mass is 79.9. The maximum Gasteiger partial charge on any atom is 0.253 e. The van der Waals surface area contributed by atoms with Crippen LogP contribution in [-0.4, -0.2) is 36.7 Å². The van der Waals surface area contributed by atoms with Crippen LogP contribution in [0.2, 0.25) is 0 Å². The van der Waals surface area contributed by atoms with E-state index in [4.69, 9.17) is 10.2 Å². The van der Waals surface area contributed by atoms with Crippen LogP contribution in [-0.2, 0) is 6.42 Å². The lowest BCUT2D eigenvalue weighted by Crippen LogP contribution is -2.19. The molecule has 1 aromatic heterocycles. The number of Topliss-reactive ketones (excluding diaryl/α,β-unsaturated/α-hetero) is 1. The molecule has 0 bridgehead atoms. The van der Waals surface area contributed by atoms with Crippen LogP contribution in [0.15, 0.2) is 43.3 Å². The van der Waals surface area contributed by atoms with Gasteiger partial charge in [0.1, 0.15) is 5.76 Å². The van der Waals surface area contributed by atoms with Crippen molar-refractivity contribution in [2.75, 3.05) is 6.54 Å². The molecule has 5 atom stereocenters. The van der Waals surface area contributed by atoms with E-state index in [0.717, 1.165) is 54.6 Å². The fourth-order valence-corrected chi connectivity index (χ4v) is 6.80. The first kappa shape index (κ1) is 27.5.